The highest BCUT2D eigenvalue weighted by Gasteiger charge is 2.25. The molecule has 0 aromatic heterocycles. The number of hydrogen-bond acceptors (Lipinski definition) is 2. The van der Waals surface area contributed by atoms with Crippen molar-refractivity contribution in [1.29, 1.82) is 0 Å². The van der Waals surface area contributed by atoms with Gasteiger partial charge in [0.05, 0.1) is 0 Å². The van der Waals surface area contributed by atoms with Crippen LogP contribution in [0.1, 0.15) is 27.9 Å². The second kappa shape index (κ2) is 4.88. The molecule has 0 bridgehead atoms. The number of benzene rings is 1. The largest absolute Gasteiger partial charge is 0.337 e. The van der Waals surface area contributed by atoms with Crippen molar-refractivity contribution < 1.29 is 4.79 Å². The SMILES string of the molecule is CNC1CCN(C(=O)c2cc(C)cc(C)c2)C1. The molecule has 1 fully saturated rings. The summed E-state index contributed by atoms with van der Waals surface area (Å²) in [5.74, 6) is 0.162. The van der Waals surface area contributed by atoms with Gasteiger partial charge in [-0.05, 0) is 39.4 Å². The van der Waals surface area contributed by atoms with Crippen LogP contribution in [0.4, 0.5) is 0 Å². The topological polar surface area (TPSA) is 32.3 Å². The molecule has 1 N–H and O–H groups in total. The van der Waals surface area contributed by atoms with Crippen LogP contribution in [0, 0.1) is 13.8 Å². The highest BCUT2D eigenvalue weighted by atomic mass is 16.2. The van der Waals surface area contributed by atoms with E-state index in [9.17, 15) is 4.79 Å². The average molecular weight is 232 g/mol. The standard InChI is InChI=1S/C14H20N2O/c1-10-6-11(2)8-12(7-10)14(17)16-5-4-13(9-16)15-3/h6-8,13,15H,4-5,9H2,1-3H3. The third kappa shape index (κ3) is 2.67. The van der Waals surface area contributed by atoms with Crippen LogP contribution in [0.2, 0.25) is 0 Å². The molecule has 3 heteroatoms. The summed E-state index contributed by atoms with van der Waals surface area (Å²) in [7, 11) is 1.95. The zero-order valence-corrected chi connectivity index (χ0v) is 10.8. The minimum absolute atomic E-state index is 0.162. The second-order valence-corrected chi connectivity index (χ2v) is 4.90. The van der Waals surface area contributed by atoms with Crippen molar-refractivity contribution in [2.24, 2.45) is 0 Å². The lowest BCUT2D eigenvalue weighted by Crippen LogP contribution is -2.33. The summed E-state index contributed by atoms with van der Waals surface area (Å²) in [6, 6.07) is 6.49. The van der Waals surface area contributed by atoms with E-state index in [0.29, 0.717) is 6.04 Å². The van der Waals surface area contributed by atoms with Crippen LogP contribution < -0.4 is 5.32 Å². The summed E-state index contributed by atoms with van der Waals surface area (Å²) in [4.78, 5) is 14.3. The number of likely N-dealkylation sites (N-methyl/N-ethyl adjacent to an activating group) is 1. The van der Waals surface area contributed by atoms with Crippen molar-refractivity contribution in [3.63, 3.8) is 0 Å². The van der Waals surface area contributed by atoms with E-state index in [1.807, 2.05) is 37.9 Å². The van der Waals surface area contributed by atoms with Crippen molar-refractivity contribution in [1.82, 2.24) is 10.2 Å². The van der Waals surface area contributed by atoms with Crippen molar-refractivity contribution in [2.75, 3.05) is 20.1 Å². The maximum atomic E-state index is 12.3. The van der Waals surface area contributed by atoms with E-state index >= 15 is 0 Å². The van der Waals surface area contributed by atoms with Gasteiger partial charge in [-0.1, -0.05) is 17.2 Å². The Labute approximate surface area is 103 Å². The number of likely N-dealkylation sites (tertiary alicyclic amines) is 1. The molecule has 1 heterocycles. The van der Waals surface area contributed by atoms with Gasteiger partial charge in [0.2, 0.25) is 0 Å². The normalized spacial score (nSPS) is 19.7. The summed E-state index contributed by atoms with van der Waals surface area (Å²) in [5, 5.41) is 3.23. The zero-order valence-electron chi connectivity index (χ0n) is 10.8. The number of carbonyl (C=O) groups excluding carboxylic acids is 1. The van der Waals surface area contributed by atoms with Crippen molar-refractivity contribution >= 4 is 5.91 Å². The van der Waals surface area contributed by atoms with Crippen LogP contribution in [0.5, 0.6) is 0 Å². The first-order valence-electron chi connectivity index (χ1n) is 6.15. The van der Waals surface area contributed by atoms with Gasteiger partial charge in [-0.15, -0.1) is 0 Å². The molecule has 1 unspecified atom stereocenters. The number of rotatable bonds is 2. The van der Waals surface area contributed by atoms with Crippen LogP contribution in [0.15, 0.2) is 18.2 Å². The molecule has 1 aliphatic rings. The predicted octanol–water partition coefficient (Wildman–Crippen LogP) is 1.74. The maximum Gasteiger partial charge on any atom is 0.253 e. The van der Waals surface area contributed by atoms with Gasteiger partial charge in [0, 0.05) is 24.7 Å². The second-order valence-electron chi connectivity index (χ2n) is 4.90. The van der Waals surface area contributed by atoms with Gasteiger partial charge in [-0.25, -0.2) is 0 Å². The van der Waals surface area contributed by atoms with Gasteiger partial charge < -0.3 is 10.2 Å². The van der Waals surface area contributed by atoms with E-state index in [1.54, 1.807) is 0 Å². The van der Waals surface area contributed by atoms with Gasteiger partial charge in [0.25, 0.3) is 5.91 Å². The van der Waals surface area contributed by atoms with Gasteiger partial charge in [-0.2, -0.15) is 0 Å². The van der Waals surface area contributed by atoms with Crippen LogP contribution in [0.3, 0.4) is 0 Å². The fourth-order valence-corrected chi connectivity index (χ4v) is 2.46. The molecule has 17 heavy (non-hydrogen) atoms. The van der Waals surface area contributed by atoms with Gasteiger partial charge >= 0.3 is 0 Å². The third-order valence-corrected chi connectivity index (χ3v) is 3.35. The Balaban J connectivity index is 2.14. The highest BCUT2D eigenvalue weighted by molar-refractivity contribution is 5.94. The minimum atomic E-state index is 0.162. The fourth-order valence-electron chi connectivity index (χ4n) is 2.46. The number of aryl methyl sites for hydroxylation is 2. The molecule has 0 saturated carbocycles. The number of nitrogens with one attached hydrogen (secondary N) is 1. The maximum absolute atomic E-state index is 12.3. The molecule has 0 radical (unpaired) electrons. The Bertz CT molecular complexity index is 408. The lowest BCUT2D eigenvalue weighted by atomic mass is 10.1. The molecule has 2 rings (SSSR count). The van der Waals surface area contributed by atoms with E-state index in [0.717, 1.165) is 36.2 Å². The average Bonchev–Trinajstić information content (AvgIpc) is 2.75. The van der Waals surface area contributed by atoms with Crippen molar-refractivity contribution in [3.8, 4) is 0 Å². The van der Waals surface area contributed by atoms with E-state index in [-0.39, 0.29) is 5.91 Å². The first kappa shape index (κ1) is 12.1. The number of hydrogen-bond donors (Lipinski definition) is 1. The van der Waals surface area contributed by atoms with E-state index < -0.39 is 0 Å². The molecule has 1 saturated heterocycles. The van der Waals surface area contributed by atoms with Crippen LogP contribution in [-0.2, 0) is 0 Å². The van der Waals surface area contributed by atoms with Crippen molar-refractivity contribution in [2.45, 2.75) is 26.3 Å². The minimum Gasteiger partial charge on any atom is -0.337 e. The van der Waals surface area contributed by atoms with Gasteiger partial charge in [0.15, 0.2) is 0 Å². The fraction of sp³-hybridized carbons (Fsp3) is 0.500. The molecule has 1 aromatic carbocycles. The lowest BCUT2D eigenvalue weighted by molar-refractivity contribution is 0.0789. The molecule has 3 nitrogen and oxygen atoms in total. The molecule has 0 aliphatic carbocycles. The predicted molar refractivity (Wildman–Crippen MR) is 69.3 cm³/mol. The molecule has 1 atom stereocenters. The number of amides is 1. The summed E-state index contributed by atoms with van der Waals surface area (Å²) in [5.41, 5.74) is 3.12. The summed E-state index contributed by atoms with van der Waals surface area (Å²) < 4.78 is 0. The van der Waals surface area contributed by atoms with Crippen LogP contribution in [-0.4, -0.2) is 37.0 Å². The Morgan fingerprint density at radius 2 is 1.94 bits per heavy atom. The molecule has 1 aliphatic heterocycles. The van der Waals surface area contributed by atoms with E-state index in [1.165, 1.54) is 0 Å². The summed E-state index contributed by atoms with van der Waals surface area (Å²) in [6.45, 7) is 5.74. The third-order valence-electron chi connectivity index (χ3n) is 3.35. The highest BCUT2D eigenvalue weighted by Crippen LogP contribution is 2.16. The first-order chi connectivity index (χ1) is 8.10. The van der Waals surface area contributed by atoms with Gasteiger partial charge in [0.1, 0.15) is 0 Å². The van der Waals surface area contributed by atoms with Crippen molar-refractivity contribution in [3.05, 3.63) is 34.9 Å². The van der Waals surface area contributed by atoms with E-state index in [4.69, 9.17) is 0 Å². The molecule has 1 amide bonds. The Morgan fingerprint density at radius 1 is 1.29 bits per heavy atom. The first-order valence-corrected chi connectivity index (χ1v) is 6.15. The molecule has 1 aromatic rings. The van der Waals surface area contributed by atoms with Crippen LogP contribution in [0.25, 0.3) is 0 Å². The monoisotopic (exact) mass is 232 g/mol. The Hall–Kier alpha value is -1.35. The van der Waals surface area contributed by atoms with Crippen LogP contribution >= 0.6 is 0 Å². The summed E-state index contributed by atoms with van der Waals surface area (Å²) in [6.07, 6.45) is 1.05. The lowest BCUT2D eigenvalue weighted by Gasteiger charge is -2.17. The Morgan fingerprint density at radius 3 is 2.47 bits per heavy atom. The van der Waals surface area contributed by atoms with Gasteiger partial charge in [-0.3, -0.25) is 4.79 Å². The zero-order chi connectivity index (χ0) is 12.4. The number of nitrogens with zero attached hydrogens (tertiary/aromatic N) is 1. The molecular formula is C14H20N2O. The molecule has 0 spiro atoms. The smallest absolute Gasteiger partial charge is 0.253 e. The molecule has 92 valence electrons. The Kier molecular flexibility index (Phi) is 3.48. The summed E-state index contributed by atoms with van der Waals surface area (Å²) >= 11 is 0. The quantitative estimate of drug-likeness (QED) is 0.842. The molecular weight excluding hydrogens is 212 g/mol. The number of carbonyl (C=O) groups is 1. The van der Waals surface area contributed by atoms with E-state index in [2.05, 4.69) is 11.4 Å².